The molecule has 31 heavy (non-hydrogen) atoms. The summed E-state index contributed by atoms with van der Waals surface area (Å²) in [5.41, 5.74) is 18.1. The third-order valence-corrected chi connectivity index (χ3v) is 5.72. The monoisotopic (exact) mass is 431 g/mol. The number of nitrogens with zero attached hydrogens (tertiary/aromatic N) is 4. The summed E-state index contributed by atoms with van der Waals surface area (Å²) >= 11 is 0. The molecule has 0 radical (unpaired) electrons. The van der Waals surface area contributed by atoms with Crippen LogP contribution in [0.2, 0.25) is 0 Å². The first-order valence-electron chi connectivity index (χ1n) is 10.4. The fourth-order valence-electron chi connectivity index (χ4n) is 3.96. The van der Waals surface area contributed by atoms with Crippen molar-refractivity contribution in [3.05, 3.63) is 36.3 Å². The average Bonchev–Trinajstić information content (AvgIpc) is 3.27. The van der Waals surface area contributed by atoms with Crippen molar-refractivity contribution in [3.63, 3.8) is 0 Å². The smallest absolute Gasteiger partial charge is 0.240 e. The third-order valence-electron chi connectivity index (χ3n) is 5.72. The zero-order valence-corrected chi connectivity index (χ0v) is 17.5. The molecule has 1 aromatic carbocycles. The lowest BCUT2D eigenvalue weighted by atomic mass is 9.98. The Balaban J connectivity index is 0.000000176. The molecular weight excluding hydrogens is 401 g/mol. The Morgan fingerprint density at radius 1 is 1.13 bits per heavy atom. The number of primary amides is 1. The van der Waals surface area contributed by atoms with Crippen LogP contribution in [0.4, 0.5) is 27.5 Å². The van der Waals surface area contributed by atoms with E-state index in [0.717, 1.165) is 49.8 Å². The van der Waals surface area contributed by atoms with E-state index < -0.39 is 5.82 Å². The van der Waals surface area contributed by atoms with E-state index in [4.69, 9.17) is 22.3 Å². The van der Waals surface area contributed by atoms with Gasteiger partial charge in [0.25, 0.3) is 0 Å². The fourth-order valence-corrected chi connectivity index (χ4v) is 3.96. The molecule has 10 heteroatoms. The second-order valence-electron chi connectivity index (χ2n) is 7.86. The van der Waals surface area contributed by atoms with E-state index >= 15 is 0 Å². The van der Waals surface area contributed by atoms with Crippen LogP contribution >= 0.6 is 0 Å². The summed E-state index contributed by atoms with van der Waals surface area (Å²) in [4.78, 5) is 22.6. The summed E-state index contributed by atoms with van der Waals surface area (Å²) < 4.78 is 13.5. The highest BCUT2D eigenvalue weighted by Crippen LogP contribution is 2.26. The van der Waals surface area contributed by atoms with Crippen molar-refractivity contribution in [1.29, 1.82) is 0 Å². The molecule has 0 aliphatic carbocycles. The molecule has 2 aliphatic heterocycles. The van der Waals surface area contributed by atoms with Crippen LogP contribution in [0.5, 0.6) is 0 Å². The number of aromatic nitrogens is 2. The first kappa shape index (κ1) is 22.5. The van der Waals surface area contributed by atoms with Gasteiger partial charge < -0.3 is 32.1 Å². The van der Waals surface area contributed by atoms with Gasteiger partial charge in [-0.05, 0) is 55.9 Å². The van der Waals surface area contributed by atoms with Crippen molar-refractivity contribution >= 4 is 29.0 Å². The van der Waals surface area contributed by atoms with Gasteiger partial charge in [0.1, 0.15) is 6.04 Å². The molecule has 0 spiro atoms. The number of halogens is 1. The quantitative estimate of drug-likeness (QED) is 0.527. The fraction of sp³-hybridized carbons (Fsp3) is 0.476. The van der Waals surface area contributed by atoms with Crippen molar-refractivity contribution in [1.82, 2.24) is 9.97 Å². The Morgan fingerprint density at radius 3 is 2.42 bits per heavy atom. The molecule has 1 amide bonds. The van der Waals surface area contributed by atoms with E-state index in [0.29, 0.717) is 19.0 Å². The van der Waals surface area contributed by atoms with Crippen LogP contribution in [0.25, 0.3) is 0 Å². The second-order valence-corrected chi connectivity index (χ2v) is 7.86. The number of anilines is 4. The van der Waals surface area contributed by atoms with E-state index in [2.05, 4.69) is 9.97 Å². The maximum Gasteiger partial charge on any atom is 0.240 e. The van der Waals surface area contributed by atoms with Crippen molar-refractivity contribution in [2.24, 2.45) is 11.7 Å². The molecule has 168 valence electrons. The number of benzene rings is 1. The van der Waals surface area contributed by atoms with Gasteiger partial charge in [-0.1, -0.05) is 0 Å². The number of hydrogen-bond acceptors (Lipinski definition) is 8. The van der Waals surface area contributed by atoms with Gasteiger partial charge in [-0.3, -0.25) is 4.79 Å². The minimum Gasteiger partial charge on any atom is -0.399 e. The molecule has 2 aromatic rings. The molecule has 7 N–H and O–H groups in total. The number of carbonyl (C=O) groups excluding carboxylic acids is 1. The van der Waals surface area contributed by atoms with Crippen LogP contribution in [0.15, 0.2) is 30.5 Å². The molecule has 3 heterocycles. The number of amides is 1. The van der Waals surface area contributed by atoms with Gasteiger partial charge in [-0.25, -0.2) is 9.37 Å². The lowest BCUT2D eigenvalue weighted by Crippen LogP contribution is -2.40. The minimum atomic E-state index is -0.448. The lowest BCUT2D eigenvalue weighted by Gasteiger charge is -2.31. The molecule has 2 saturated heterocycles. The van der Waals surface area contributed by atoms with Crippen LogP contribution in [0, 0.1) is 11.7 Å². The van der Waals surface area contributed by atoms with E-state index in [1.54, 1.807) is 0 Å². The normalized spacial score (nSPS) is 19.1. The van der Waals surface area contributed by atoms with Crippen LogP contribution in [-0.4, -0.2) is 53.3 Å². The summed E-state index contributed by atoms with van der Waals surface area (Å²) in [6.07, 6.45) is 4.65. The van der Waals surface area contributed by atoms with Gasteiger partial charge in [0, 0.05) is 37.6 Å². The van der Waals surface area contributed by atoms with Crippen molar-refractivity contribution in [2.75, 3.05) is 47.5 Å². The Morgan fingerprint density at radius 2 is 1.81 bits per heavy atom. The molecule has 1 aromatic heterocycles. The molecule has 2 fully saturated rings. The molecule has 4 rings (SSSR count). The average molecular weight is 432 g/mol. The highest BCUT2D eigenvalue weighted by molar-refractivity contribution is 5.84. The standard InChI is InChI=1S/C11H15N3O.C10H15FN4O/c12-8-3-5-9(6-4-8)14-7-1-2-10(14)11(13)15;11-8-5-13-10(12)14-9(8)15-3-1-7(6-16)2-4-15/h3-6,10H,1-2,7,12H2,(H2,13,15);5,7,16H,1-4,6H2,(H2,12,13,14). The first-order chi connectivity index (χ1) is 14.9. The van der Waals surface area contributed by atoms with Gasteiger partial charge in [-0.15, -0.1) is 0 Å². The van der Waals surface area contributed by atoms with Gasteiger partial charge in [0.2, 0.25) is 11.9 Å². The Labute approximate surface area is 181 Å². The van der Waals surface area contributed by atoms with Crippen LogP contribution < -0.4 is 27.0 Å². The van der Waals surface area contributed by atoms with E-state index in [1.165, 1.54) is 0 Å². The number of aliphatic hydroxyl groups is 1. The lowest BCUT2D eigenvalue weighted by molar-refractivity contribution is -0.119. The zero-order chi connectivity index (χ0) is 22.4. The topological polar surface area (TPSA) is 148 Å². The molecule has 9 nitrogen and oxygen atoms in total. The molecule has 1 unspecified atom stereocenters. The number of nitrogen functional groups attached to an aromatic ring is 2. The van der Waals surface area contributed by atoms with Gasteiger partial charge in [0.05, 0.1) is 6.20 Å². The van der Waals surface area contributed by atoms with E-state index in [-0.39, 0.29) is 30.3 Å². The van der Waals surface area contributed by atoms with Crippen LogP contribution in [0.3, 0.4) is 0 Å². The first-order valence-corrected chi connectivity index (χ1v) is 10.4. The maximum atomic E-state index is 13.5. The third kappa shape index (κ3) is 5.72. The van der Waals surface area contributed by atoms with E-state index in [9.17, 15) is 9.18 Å². The SMILES string of the molecule is NC(=O)C1CCCN1c1ccc(N)cc1.Nc1ncc(F)c(N2CCC(CO)CC2)n1. The Hall–Kier alpha value is -3.14. The Bertz CT molecular complexity index is 873. The summed E-state index contributed by atoms with van der Waals surface area (Å²) in [6.45, 7) is 2.47. The molecule has 2 aliphatic rings. The van der Waals surface area contributed by atoms with E-state index in [1.807, 2.05) is 34.1 Å². The molecule has 0 saturated carbocycles. The number of aliphatic hydroxyl groups excluding tert-OH is 1. The minimum absolute atomic E-state index is 0.0840. The van der Waals surface area contributed by atoms with Crippen molar-refractivity contribution < 1.29 is 14.3 Å². The summed E-state index contributed by atoms with van der Waals surface area (Å²) in [6, 6.07) is 7.37. The zero-order valence-electron chi connectivity index (χ0n) is 17.5. The van der Waals surface area contributed by atoms with Crippen molar-refractivity contribution in [3.8, 4) is 0 Å². The Kier molecular flexibility index (Phi) is 7.45. The molecule has 0 bridgehead atoms. The number of carbonyl (C=O) groups is 1. The highest BCUT2D eigenvalue weighted by Gasteiger charge is 2.28. The number of hydrogen-bond donors (Lipinski definition) is 4. The maximum absolute atomic E-state index is 13.5. The summed E-state index contributed by atoms with van der Waals surface area (Å²) in [5, 5.41) is 9.01. The van der Waals surface area contributed by atoms with Gasteiger partial charge >= 0.3 is 0 Å². The van der Waals surface area contributed by atoms with Gasteiger partial charge in [-0.2, -0.15) is 4.98 Å². The van der Waals surface area contributed by atoms with Crippen LogP contribution in [0.1, 0.15) is 25.7 Å². The summed E-state index contributed by atoms with van der Waals surface area (Å²) in [5.74, 6) is -0.0240. The number of rotatable bonds is 4. The summed E-state index contributed by atoms with van der Waals surface area (Å²) in [7, 11) is 0. The number of piperidine rings is 1. The van der Waals surface area contributed by atoms with Gasteiger partial charge in [0.15, 0.2) is 11.6 Å². The van der Waals surface area contributed by atoms with Crippen molar-refractivity contribution in [2.45, 2.75) is 31.7 Å². The predicted molar refractivity (Wildman–Crippen MR) is 119 cm³/mol. The molecular formula is C21H30FN7O2. The number of nitrogens with two attached hydrogens (primary N) is 3. The largest absolute Gasteiger partial charge is 0.399 e. The van der Waals surface area contributed by atoms with Crippen LogP contribution in [-0.2, 0) is 4.79 Å². The molecule has 1 atom stereocenters. The predicted octanol–water partition coefficient (Wildman–Crippen LogP) is 1.13. The second kappa shape index (κ2) is 10.3. The highest BCUT2D eigenvalue weighted by atomic mass is 19.1.